The molecule has 1 heterocycles. The molecule has 0 saturated carbocycles. The Balaban J connectivity index is 2.05. The van der Waals surface area contributed by atoms with Crippen LogP contribution in [0, 0.1) is 5.92 Å². The Morgan fingerprint density at radius 2 is 1.87 bits per heavy atom. The molecule has 1 aliphatic heterocycles. The van der Waals surface area contributed by atoms with E-state index in [4.69, 9.17) is 16.3 Å². The lowest BCUT2D eigenvalue weighted by Gasteiger charge is -2.25. The quantitative estimate of drug-likeness (QED) is 0.374. The van der Waals surface area contributed by atoms with Crippen molar-refractivity contribution in [1.82, 2.24) is 4.90 Å². The molecule has 0 aliphatic carbocycles. The lowest BCUT2D eigenvalue weighted by molar-refractivity contribution is -0.139. The first-order valence-electron chi connectivity index (χ1n) is 10.1. The van der Waals surface area contributed by atoms with Gasteiger partial charge < -0.3 is 14.7 Å². The molecule has 1 atom stereocenters. The molecule has 0 bridgehead atoms. The molecule has 0 radical (unpaired) electrons. The molecule has 1 fully saturated rings. The van der Waals surface area contributed by atoms with Crippen LogP contribution in [0.15, 0.2) is 54.1 Å². The van der Waals surface area contributed by atoms with Crippen LogP contribution in [0.5, 0.6) is 5.75 Å². The van der Waals surface area contributed by atoms with Gasteiger partial charge in [0.1, 0.15) is 11.5 Å². The molecule has 1 amide bonds. The van der Waals surface area contributed by atoms with Crippen molar-refractivity contribution >= 4 is 29.1 Å². The van der Waals surface area contributed by atoms with Crippen LogP contribution in [0.2, 0.25) is 5.02 Å². The summed E-state index contributed by atoms with van der Waals surface area (Å²) in [6.45, 7) is 7.09. The largest absolute Gasteiger partial charge is 0.507 e. The summed E-state index contributed by atoms with van der Waals surface area (Å²) in [7, 11) is 0. The van der Waals surface area contributed by atoms with Gasteiger partial charge in [-0.25, -0.2) is 0 Å². The second-order valence-corrected chi connectivity index (χ2v) is 8.21. The van der Waals surface area contributed by atoms with Crippen LogP contribution in [0.3, 0.4) is 0 Å². The van der Waals surface area contributed by atoms with Crippen molar-refractivity contribution in [2.45, 2.75) is 33.2 Å². The van der Waals surface area contributed by atoms with Gasteiger partial charge in [-0.1, -0.05) is 56.6 Å². The van der Waals surface area contributed by atoms with Gasteiger partial charge in [0.05, 0.1) is 18.2 Å². The summed E-state index contributed by atoms with van der Waals surface area (Å²) >= 11 is 6.05. The number of aliphatic hydroxyl groups excluding tert-OH is 1. The van der Waals surface area contributed by atoms with Gasteiger partial charge in [0.15, 0.2) is 0 Å². The summed E-state index contributed by atoms with van der Waals surface area (Å²) in [5, 5.41) is 11.4. The number of likely N-dealkylation sites (tertiary alicyclic amines) is 1. The number of carbonyl (C=O) groups excluding carboxylic acids is 2. The zero-order valence-electron chi connectivity index (χ0n) is 17.4. The highest BCUT2D eigenvalue weighted by atomic mass is 35.5. The highest BCUT2D eigenvalue weighted by molar-refractivity contribution is 6.46. The first-order valence-corrected chi connectivity index (χ1v) is 10.5. The minimum atomic E-state index is -0.689. The fraction of sp³-hybridized carbons (Fsp3) is 0.333. The number of rotatable bonds is 7. The third-order valence-corrected chi connectivity index (χ3v) is 5.12. The summed E-state index contributed by atoms with van der Waals surface area (Å²) in [5.41, 5.74) is 1.22. The van der Waals surface area contributed by atoms with E-state index in [1.165, 1.54) is 4.90 Å². The summed E-state index contributed by atoms with van der Waals surface area (Å²) in [5.74, 6) is -0.398. The number of aliphatic hydroxyl groups is 1. The molecule has 3 rings (SSSR count). The third-order valence-electron chi connectivity index (χ3n) is 4.88. The molecule has 5 nitrogen and oxygen atoms in total. The lowest BCUT2D eigenvalue weighted by atomic mass is 9.95. The van der Waals surface area contributed by atoms with Crippen LogP contribution in [0.1, 0.15) is 44.4 Å². The predicted molar refractivity (Wildman–Crippen MR) is 118 cm³/mol. The van der Waals surface area contributed by atoms with Crippen LogP contribution in [0.25, 0.3) is 5.76 Å². The minimum absolute atomic E-state index is 0.0755. The average Bonchev–Trinajstić information content (AvgIpc) is 2.97. The molecule has 1 aliphatic rings. The first kappa shape index (κ1) is 21.9. The topological polar surface area (TPSA) is 66.8 Å². The maximum atomic E-state index is 12.9. The number of hydrogen-bond acceptors (Lipinski definition) is 4. The average molecular weight is 428 g/mol. The van der Waals surface area contributed by atoms with E-state index in [0.717, 1.165) is 11.3 Å². The van der Waals surface area contributed by atoms with E-state index in [9.17, 15) is 14.7 Å². The van der Waals surface area contributed by atoms with Crippen molar-refractivity contribution in [3.8, 4) is 5.75 Å². The minimum Gasteiger partial charge on any atom is -0.507 e. The number of amides is 1. The van der Waals surface area contributed by atoms with Gasteiger partial charge in [0.25, 0.3) is 11.7 Å². The van der Waals surface area contributed by atoms with E-state index < -0.39 is 17.7 Å². The number of benzene rings is 2. The molecular weight excluding hydrogens is 402 g/mol. The number of ether oxygens (including phenoxy) is 1. The maximum absolute atomic E-state index is 12.9. The molecule has 6 heteroatoms. The SMILES string of the molecule is CCCN1C(=O)C(=O)/C(=C(\O)c2cccc(Cl)c2)C1c1ccc(OCC(C)C)cc1. The third kappa shape index (κ3) is 4.51. The van der Waals surface area contributed by atoms with E-state index >= 15 is 0 Å². The van der Waals surface area contributed by atoms with Gasteiger partial charge in [-0.3, -0.25) is 9.59 Å². The van der Waals surface area contributed by atoms with Crippen LogP contribution in [-0.4, -0.2) is 34.8 Å². The standard InChI is InChI=1S/C24H26ClNO4/c1-4-12-26-21(16-8-10-19(11-9-16)30-14-15(2)3)20(23(28)24(26)29)22(27)17-6-5-7-18(25)13-17/h5-11,13,15,21,27H,4,12,14H2,1-3H3/b22-20-. The summed E-state index contributed by atoms with van der Waals surface area (Å²) in [6, 6.07) is 13.3. The predicted octanol–water partition coefficient (Wildman–Crippen LogP) is 5.21. The Bertz CT molecular complexity index is 965. The highest BCUT2D eigenvalue weighted by Crippen LogP contribution is 2.40. The molecule has 1 saturated heterocycles. The smallest absolute Gasteiger partial charge is 0.295 e. The number of Topliss-reactive ketones (excluding diaryl/α,β-unsaturated/α-hetero) is 1. The van der Waals surface area contributed by atoms with Gasteiger partial charge in [0.2, 0.25) is 0 Å². The first-order chi connectivity index (χ1) is 14.3. The monoisotopic (exact) mass is 427 g/mol. The van der Waals surface area contributed by atoms with Crippen molar-refractivity contribution in [2.75, 3.05) is 13.2 Å². The Kier molecular flexibility index (Phi) is 6.83. The summed E-state index contributed by atoms with van der Waals surface area (Å²) in [6.07, 6.45) is 0.691. The number of carbonyl (C=O) groups is 2. The fourth-order valence-electron chi connectivity index (χ4n) is 3.50. The molecule has 0 spiro atoms. The second-order valence-electron chi connectivity index (χ2n) is 7.78. The lowest BCUT2D eigenvalue weighted by Crippen LogP contribution is -2.30. The number of halogens is 1. The van der Waals surface area contributed by atoms with Crippen molar-refractivity contribution in [1.29, 1.82) is 0 Å². The highest BCUT2D eigenvalue weighted by Gasteiger charge is 2.45. The summed E-state index contributed by atoms with van der Waals surface area (Å²) < 4.78 is 5.73. The van der Waals surface area contributed by atoms with Gasteiger partial charge in [0, 0.05) is 17.1 Å². The molecule has 1 N–H and O–H groups in total. The van der Waals surface area contributed by atoms with Crippen molar-refractivity contribution in [3.63, 3.8) is 0 Å². The van der Waals surface area contributed by atoms with E-state index in [0.29, 0.717) is 36.1 Å². The molecular formula is C24H26ClNO4. The zero-order valence-corrected chi connectivity index (χ0v) is 18.1. The van der Waals surface area contributed by atoms with Crippen molar-refractivity contribution in [2.24, 2.45) is 5.92 Å². The van der Waals surface area contributed by atoms with Crippen molar-refractivity contribution in [3.05, 3.63) is 70.3 Å². The molecule has 2 aromatic carbocycles. The van der Waals surface area contributed by atoms with Gasteiger partial charge in [-0.05, 0) is 42.2 Å². The van der Waals surface area contributed by atoms with Crippen LogP contribution < -0.4 is 4.74 Å². The van der Waals surface area contributed by atoms with E-state index in [1.54, 1.807) is 24.3 Å². The number of hydrogen-bond donors (Lipinski definition) is 1. The van der Waals surface area contributed by atoms with Gasteiger partial charge in [-0.15, -0.1) is 0 Å². The Morgan fingerprint density at radius 3 is 2.47 bits per heavy atom. The normalized spacial score (nSPS) is 18.3. The van der Waals surface area contributed by atoms with E-state index in [2.05, 4.69) is 13.8 Å². The maximum Gasteiger partial charge on any atom is 0.295 e. The van der Waals surface area contributed by atoms with Crippen LogP contribution in [-0.2, 0) is 9.59 Å². The molecule has 158 valence electrons. The van der Waals surface area contributed by atoms with E-state index in [1.807, 2.05) is 31.2 Å². The number of nitrogens with zero attached hydrogens (tertiary/aromatic N) is 1. The molecule has 1 unspecified atom stereocenters. The van der Waals surface area contributed by atoms with Crippen molar-refractivity contribution < 1.29 is 19.4 Å². The Morgan fingerprint density at radius 1 is 1.17 bits per heavy atom. The zero-order chi connectivity index (χ0) is 21.8. The Hall–Kier alpha value is -2.79. The van der Waals surface area contributed by atoms with E-state index in [-0.39, 0.29) is 11.3 Å². The molecule has 0 aromatic heterocycles. The Labute approximate surface area is 181 Å². The number of ketones is 1. The summed E-state index contributed by atoms with van der Waals surface area (Å²) in [4.78, 5) is 27.1. The molecule has 30 heavy (non-hydrogen) atoms. The van der Waals surface area contributed by atoms with Gasteiger partial charge >= 0.3 is 0 Å². The molecule has 2 aromatic rings. The second kappa shape index (κ2) is 9.35. The fourth-order valence-corrected chi connectivity index (χ4v) is 3.69. The van der Waals surface area contributed by atoms with Gasteiger partial charge in [-0.2, -0.15) is 0 Å². The van der Waals surface area contributed by atoms with Crippen LogP contribution in [0.4, 0.5) is 0 Å². The van der Waals surface area contributed by atoms with Crippen LogP contribution >= 0.6 is 11.6 Å².